The van der Waals surface area contributed by atoms with E-state index in [0.29, 0.717) is 11.1 Å². The fourth-order valence-corrected chi connectivity index (χ4v) is 3.84. The van der Waals surface area contributed by atoms with Gasteiger partial charge in [-0.25, -0.2) is 0 Å². The molecule has 106 valence electrons. The molecule has 1 unspecified atom stereocenters. The molecule has 0 radical (unpaired) electrons. The van der Waals surface area contributed by atoms with Crippen molar-refractivity contribution in [3.63, 3.8) is 0 Å². The summed E-state index contributed by atoms with van der Waals surface area (Å²) in [6.45, 7) is 0. The molecule has 2 rings (SSSR count). The van der Waals surface area contributed by atoms with Gasteiger partial charge in [0, 0.05) is 7.11 Å². The molecular formula is C15H17O4P. The number of hydrogen-bond donors (Lipinski definition) is 2. The summed E-state index contributed by atoms with van der Waals surface area (Å²) in [5.41, 5.74) is 0.903. The monoisotopic (exact) mass is 292 g/mol. The second-order valence-corrected chi connectivity index (χ2v) is 7.03. The van der Waals surface area contributed by atoms with Gasteiger partial charge in [0.25, 0.3) is 7.37 Å². The van der Waals surface area contributed by atoms with Crippen molar-refractivity contribution in [1.29, 1.82) is 0 Å². The van der Waals surface area contributed by atoms with E-state index >= 15 is 0 Å². The van der Waals surface area contributed by atoms with Gasteiger partial charge in [-0.3, -0.25) is 4.57 Å². The first kappa shape index (κ1) is 14.9. The van der Waals surface area contributed by atoms with Crippen LogP contribution in [0, 0.1) is 0 Å². The van der Waals surface area contributed by atoms with Crippen molar-refractivity contribution in [2.24, 2.45) is 0 Å². The highest BCUT2D eigenvalue weighted by Gasteiger charge is 2.41. The first-order valence-corrected chi connectivity index (χ1v) is 7.97. The van der Waals surface area contributed by atoms with E-state index in [1.54, 1.807) is 60.7 Å². The Morgan fingerprint density at radius 1 is 0.850 bits per heavy atom. The van der Waals surface area contributed by atoms with Crippen LogP contribution in [0.4, 0.5) is 0 Å². The number of aliphatic hydroxyl groups excluding tert-OH is 2. The van der Waals surface area contributed by atoms with Crippen LogP contribution in [0.5, 0.6) is 0 Å². The molecule has 2 N–H and O–H groups in total. The molecule has 5 heteroatoms. The maximum atomic E-state index is 12.9. The number of hydrogen-bond acceptors (Lipinski definition) is 4. The predicted molar refractivity (Wildman–Crippen MR) is 77.4 cm³/mol. The second-order valence-electron chi connectivity index (χ2n) is 4.40. The Balaban J connectivity index is 2.36. The van der Waals surface area contributed by atoms with Crippen molar-refractivity contribution in [2.45, 2.75) is 11.7 Å². The van der Waals surface area contributed by atoms with E-state index < -0.39 is 19.1 Å². The van der Waals surface area contributed by atoms with Crippen LogP contribution >= 0.6 is 7.37 Å². The highest BCUT2D eigenvalue weighted by atomic mass is 31.2. The summed E-state index contributed by atoms with van der Waals surface area (Å²) in [5.74, 6) is -2.74. The zero-order valence-electron chi connectivity index (χ0n) is 11.1. The zero-order chi connectivity index (χ0) is 14.6. The fourth-order valence-electron chi connectivity index (χ4n) is 2.00. The summed E-state index contributed by atoms with van der Waals surface area (Å²) in [7, 11) is -2.48. The Morgan fingerprint density at radius 3 is 1.50 bits per heavy atom. The van der Waals surface area contributed by atoms with Gasteiger partial charge in [0.2, 0.25) is 0 Å². The molecule has 2 aromatic carbocycles. The molecule has 3 atom stereocenters. The van der Waals surface area contributed by atoms with Crippen molar-refractivity contribution in [3.8, 4) is 0 Å². The second kappa shape index (κ2) is 6.33. The van der Waals surface area contributed by atoms with Crippen molar-refractivity contribution < 1.29 is 19.3 Å². The van der Waals surface area contributed by atoms with E-state index in [0.717, 1.165) is 0 Å². The molecule has 0 aliphatic rings. The third-order valence-corrected chi connectivity index (χ3v) is 5.69. The molecule has 0 heterocycles. The largest absolute Gasteiger partial charge is 0.378 e. The minimum atomic E-state index is -3.72. The van der Waals surface area contributed by atoms with Crippen molar-refractivity contribution in [1.82, 2.24) is 0 Å². The summed E-state index contributed by atoms with van der Waals surface area (Å²) in [6.07, 6.45) is 0. The number of benzene rings is 2. The SMILES string of the molecule is COP(=O)([C@H](O)c1ccccc1)[C@@H](O)c1ccccc1. The van der Waals surface area contributed by atoms with E-state index in [9.17, 15) is 14.8 Å². The molecule has 0 amide bonds. The van der Waals surface area contributed by atoms with Gasteiger partial charge in [-0.2, -0.15) is 0 Å². The summed E-state index contributed by atoms with van der Waals surface area (Å²) in [5, 5.41) is 20.6. The van der Waals surface area contributed by atoms with Crippen molar-refractivity contribution >= 4 is 7.37 Å². The highest BCUT2D eigenvalue weighted by molar-refractivity contribution is 7.59. The lowest BCUT2D eigenvalue weighted by Gasteiger charge is -2.27. The van der Waals surface area contributed by atoms with Crippen LogP contribution in [0.1, 0.15) is 22.8 Å². The van der Waals surface area contributed by atoms with Gasteiger partial charge in [-0.15, -0.1) is 0 Å². The molecule has 0 bridgehead atoms. The Hall–Kier alpha value is -1.45. The molecule has 0 fully saturated rings. The standard InChI is InChI=1S/C15H17O4P/c1-19-20(18,14(16)12-8-4-2-5-9-12)15(17)13-10-6-3-7-11-13/h2-11,14-17H,1H3/t14-,15+,20?. The molecular weight excluding hydrogens is 275 g/mol. The molecule has 20 heavy (non-hydrogen) atoms. The Labute approximate surface area is 118 Å². The Bertz CT molecular complexity index is 536. The third kappa shape index (κ3) is 2.84. The van der Waals surface area contributed by atoms with E-state index in [1.165, 1.54) is 7.11 Å². The van der Waals surface area contributed by atoms with Crippen LogP contribution in [0.25, 0.3) is 0 Å². The first-order valence-electron chi connectivity index (χ1n) is 6.20. The van der Waals surface area contributed by atoms with E-state index in [4.69, 9.17) is 4.52 Å². The Morgan fingerprint density at radius 2 is 1.20 bits per heavy atom. The van der Waals surface area contributed by atoms with Gasteiger partial charge in [-0.05, 0) is 11.1 Å². The van der Waals surface area contributed by atoms with Gasteiger partial charge >= 0.3 is 0 Å². The van der Waals surface area contributed by atoms with Gasteiger partial charge in [0.05, 0.1) is 0 Å². The minimum absolute atomic E-state index is 0.452. The van der Waals surface area contributed by atoms with Gasteiger partial charge in [-0.1, -0.05) is 60.7 Å². The molecule has 4 nitrogen and oxygen atoms in total. The molecule has 0 aromatic heterocycles. The van der Waals surface area contributed by atoms with Crippen molar-refractivity contribution in [2.75, 3.05) is 7.11 Å². The Kier molecular flexibility index (Phi) is 4.73. The highest BCUT2D eigenvalue weighted by Crippen LogP contribution is 2.66. The summed E-state index contributed by atoms with van der Waals surface area (Å²) < 4.78 is 17.9. The van der Waals surface area contributed by atoms with Crippen molar-refractivity contribution in [3.05, 3.63) is 71.8 Å². The predicted octanol–water partition coefficient (Wildman–Crippen LogP) is 3.29. The smallest absolute Gasteiger partial charge is 0.266 e. The lowest BCUT2D eigenvalue weighted by atomic mass is 10.2. The van der Waals surface area contributed by atoms with Crippen LogP contribution in [0.3, 0.4) is 0 Å². The normalized spacial score (nSPS) is 17.1. The van der Waals surface area contributed by atoms with Gasteiger partial charge in [0.15, 0.2) is 11.7 Å². The third-order valence-electron chi connectivity index (χ3n) is 3.16. The van der Waals surface area contributed by atoms with Crippen LogP contribution in [0.2, 0.25) is 0 Å². The molecule has 0 aliphatic heterocycles. The molecule has 0 saturated carbocycles. The molecule has 2 aromatic rings. The summed E-state index contributed by atoms with van der Waals surface area (Å²) >= 11 is 0. The maximum Gasteiger partial charge on any atom is 0.266 e. The van der Waals surface area contributed by atoms with Crippen LogP contribution < -0.4 is 0 Å². The van der Waals surface area contributed by atoms with E-state index in [2.05, 4.69) is 0 Å². The lowest BCUT2D eigenvalue weighted by Crippen LogP contribution is -2.09. The molecule has 0 saturated heterocycles. The first-order chi connectivity index (χ1) is 9.59. The van der Waals surface area contributed by atoms with Crippen LogP contribution in [-0.4, -0.2) is 17.3 Å². The van der Waals surface area contributed by atoms with E-state index in [1.807, 2.05) is 0 Å². The molecule has 0 aliphatic carbocycles. The van der Waals surface area contributed by atoms with Crippen LogP contribution in [-0.2, 0) is 9.09 Å². The number of rotatable bonds is 5. The average Bonchev–Trinajstić information content (AvgIpc) is 2.54. The topological polar surface area (TPSA) is 66.8 Å². The molecule has 0 spiro atoms. The number of aliphatic hydroxyl groups is 2. The van der Waals surface area contributed by atoms with E-state index in [-0.39, 0.29) is 0 Å². The van der Waals surface area contributed by atoms with Crippen LogP contribution in [0.15, 0.2) is 60.7 Å². The fraction of sp³-hybridized carbons (Fsp3) is 0.200. The van der Waals surface area contributed by atoms with Gasteiger partial charge < -0.3 is 14.7 Å². The zero-order valence-corrected chi connectivity index (χ0v) is 12.0. The minimum Gasteiger partial charge on any atom is -0.378 e. The average molecular weight is 292 g/mol. The quantitative estimate of drug-likeness (QED) is 0.830. The summed E-state index contributed by atoms with van der Waals surface area (Å²) in [6, 6.07) is 17.1. The van der Waals surface area contributed by atoms with Gasteiger partial charge in [0.1, 0.15) is 0 Å². The summed E-state index contributed by atoms with van der Waals surface area (Å²) in [4.78, 5) is 0. The maximum absolute atomic E-state index is 12.9. The lowest BCUT2D eigenvalue weighted by molar-refractivity contribution is 0.175.